The number of ether oxygens (including phenoxy) is 1. The van der Waals surface area contributed by atoms with Crippen LogP contribution in [0.1, 0.15) is 11.4 Å². The second-order valence-electron chi connectivity index (χ2n) is 4.49. The highest BCUT2D eigenvalue weighted by Crippen LogP contribution is 2.12. The first kappa shape index (κ1) is 14.6. The maximum absolute atomic E-state index is 5.78. The third-order valence-electron chi connectivity index (χ3n) is 3.01. The highest BCUT2D eigenvalue weighted by Gasteiger charge is 2.11. The summed E-state index contributed by atoms with van der Waals surface area (Å²) in [5.74, 6) is 6.97. The summed E-state index contributed by atoms with van der Waals surface area (Å²) in [6.07, 6.45) is 7.11. The van der Waals surface area contributed by atoms with Crippen LogP contribution in [0, 0.1) is 0 Å². The predicted octanol–water partition coefficient (Wildman–Crippen LogP) is -1.67. The van der Waals surface area contributed by atoms with E-state index in [-0.39, 0.29) is 0 Å². The van der Waals surface area contributed by atoms with Crippen molar-refractivity contribution < 1.29 is 14.4 Å². The van der Waals surface area contributed by atoms with E-state index in [1.807, 2.05) is 59.9 Å². The summed E-state index contributed by atoms with van der Waals surface area (Å²) >= 11 is 0. The lowest BCUT2D eigenvalue weighted by molar-refractivity contribution is -0.680. The lowest BCUT2D eigenvalue weighted by atomic mass is 10.2. The Morgan fingerprint density at radius 3 is 2.81 bits per heavy atom. The molecular formula is C14H20N6O+2. The van der Waals surface area contributed by atoms with Crippen molar-refractivity contribution in [3.05, 3.63) is 48.0 Å². The standard InChI is InChI=1S/C14H19N6O/c1-19-7-8-20(2)14(19)10-21-13-5-3-12(4-6-13)9-17-18-11-16-15/h3-9,11H,10,15H2,1-2H3,(H,16,18)/q+1/p+1/b17-9-. The molecule has 7 heteroatoms. The number of hydrazone groups is 2. The van der Waals surface area contributed by atoms with Crippen molar-refractivity contribution >= 4 is 12.6 Å². The normalized spacial score (nSPS) is 11.3. The van der Waals surface area contributed by atoms with Crippen LogP contribution in [0.3, 0.4) is 0 Å². The molecule has 0 aliphatic rings. The van der Waals surface area contributed by atoms with E-state index in [2.05, 4.69) is 15.6 Å². The molecule has 0 unspecified atom stereocenters. The molecule has 0 saturated carbocycles. The van der Waals surface area contributed by atoms with Gasteiger partial charge in [-0.1, -0.05) is 5.10 Å². The highest BCUT2D eigenvalue weighted by molar-refractivity contribution is 5.80. The first-order valence-electron chi connectivity index (χ1n) is 6.50. The van der Waals surface area contributed by atoms with Crippen LogP contribution >= 0.6 is 0 Å². The number of nitrogens with two attached hydrogens (primary N) is 1. The molecule has 21 heavy (non-hydrogen) atoms. The first-order chi connectivity index (χ1) is 10.2. The minimum atomic E-state index is 0.520. The number of hydrogen-bond acceptors (Lipinski definition) is 3. The largest absolute Gasteiger partial charge is 0.481 e. The average Bonchev–Trinajstić information content (AvgIpc) is 2.82. The summed E-state index contributed by atoms with van der Waals surface area (Å²) in [5.41, 5.74) is 3.59. The number of imidazole rings is 1. The number of aromatic nitrogens is 2. The maximum Gasteiger partial charge on any atom is 0.294 e. The van der Waals surface area contributed by atoms with Gasteiger partial charge < -0.3 is 4.74 Å². The van der Waals surface area contributed by atoms with E-state index >= 15 is 0 Å². The Bertz CT molecular complexity index is 610. The van der Waals surface area contributed by atoms with Crippen molar-refractivity contribution in [2.45, 2.75) is 6.61 Å². The quantitative estimate of drug-likeness (QED) is 0.195. The van der Waals surface area contributed by atoms with E-state index in [9.17, 15) is 0 Å². The number of hydrazine groups is 1. The van der Waals surface area contributed by atoms with E-state index in [1.165, 1.54) is 6.34 Å². The monoisotopic (exact) mass is 288 g/mol. The van der Waals surface area contributed by atoms with Gasteiger partial charge in [0.05, 0.1) is 20.3 Å². The van der Waals surface area contributed by atoms with E-state index in [4.69, 9.17) is 10.6 Å². The van der Waals surface area contributed by atoms with Crippen LogP contribution in [0.25, 0.3) is 0 Å². The Balaban J connectivity index is 1.92. The number of nitrogens with zero attached hydrogens (tertiary/aromatic N) is 3. The van der Waals surface area contributed by atoms with Crippen LogP contribution in [-0.4, -0.2) is 17.1 Å². The molecule has 0 fully saturated rings. The van der Waals surface area contributed by atoms with Gasteiger partial charge in [0, 0.05) is 0 Å². The Morgan fingerprint density at radius 2 is 2.19 bits per heavy atom. The van der Waals surface area contributed by atoms with Crippen molar-refractivity contribution in [2.24, 2.45) is 25.0 Å². The van der Waals surface area contributed by atoms with Gasteiger partial charge in [-0.2, -0.15) is 10.5 Å². The maximum atomic E-state index is 5.78. The molecule has 4 N–H and O–H groups in total. The van der Waals surface area contributed by atoms with E-state index in [0.717, 1.165) is 17.1 Å². The van der Waals surface area contributed by atoms with Crippen LogP contribution in [-0.2, 0) is 20.7 Å². The molecule has 0 bridgehead atoms. The lowest BCUT2D eigenvalue weighted by Crippen LogP contribution is -2.78. The summed E-state index contributed by atoms with van der Waals surface area (Å²) < 4.78 is 9.85. The molecule has 1 heterocycles. The zero-order valence-electron chi connectivity index (χ0n) is 12.2. The van der Waals surface area contributed by atoms with Crippen molar-refractivity contribution in [3.8, 4) is 5.75 Å². The minimum absolute atomic E-state index is 0.520. The third-order valence-corrected chi connectivity index (χ3v) is 3.01. The average molecular weight is 288 g/mol. The van der Waals surface area contributed by atoms with Crippen LogP contribution in [0.4, 0.5) is 0 Å². The molecule has 0 aliphatic heterocycles. The fourth-order valence-corrected chi connectivity index (χ4v) is 1.81. The molecule has 0 aliphatic carbocycles. The molecular weight excluding hydrogens is 268 g/mol. The van der Waals surface area contributed by atoms with Crippen LogP contribution < -0.4 is 25.7 Å². The number of rotatable bonds is 6. The molecule has 0 amide bonds. The van der Waals surface area contributed by atoms with Gasteiger partial charge in [-0.05, 0) is 29.8 Å². The zero-order chi connectivity index (χ0) is 15.1. The molecule has 1 aromatic carbocycles. The molecule has 2 rings (SSSR count). The van der Waals surface area contributed by atoms with E-state index in [0.29, 0.717) is 6.61 Å². The highest BCUT2D eigenvalue weighted by atomic mass is 16.5. The SMILES string of the molecule is Cn1cc[n+](C)c1COc1ccc(/C=N\NC=[NH+]N)cc1. The predicted molar refractivity (Wildman–Crippen MR) is 79.3 cm³/mol. The molecule has 2 aromatic rings. The van der Waals surface area contributed by atoms with Crippen LogP contribution in [0.5, 0.6) is 5.75 Å². The van der Waals surface area contributed by atoms with Crippen molar-refractivity contribution in [1.29, 1.82) is 0 Å². The summed E-state index contributed by atoms with van der Waals surface area (Å²) in [6.45, 7) is 0.520. The zero-order valence-corrected chi connectivity index (χ0v) is 12.2. The Morgan fingerprint density at radius 1 is 1.43 bits per heavy atom. The first-order valence-corrected chi connectivity index (χ1v) is 6.50. The topological polar surface area (TPSA) is 82.4 Å². The van der Waals surface area contributed by atoms with E-state index in [1.54, 1.807) is 6.21 Å². The second kappa shape index (κ2) is 7.09. The number of aryl methyl sites for hydroxylation is 2. The Labute approximate surface area is 123 Å². The number of hydrogen-bond donors (Lipinski definition) is 3. The third kappa shape index (κ3) is 4.07. The Hall–Kier alpha value is -2.83. The fraction of sp³-hybridized carbons (Fsp3) is 0.214. The molecule has 1 aromatic heterocycles. The molecule has 0 saturated heterocycles. The lowest BCUT2D eigenvalue weighted by Gasteiger charge is -2.04. The van der Waals surface area contributed by atoms with Crippen molar-refractivity contribution in [1.82, 2.24) is 9.99 Å². The van der Waals surface area contributed by atoms with Gasteiger partial charge in [-0.25, -0.2) is 9.13 Å². The molecule has 0 radical (unpaired) electrons. The fourth-order valence-electron chi connectivity index (χ4n) is 1.81. The van der Waals surface area contributed by atoms with Gasteiger partial charge in [0.15, 0.2) is 6.61 Å². The van der Waals surface area contributed by atoms with Gasteiger partial charge in [0.1, 0.15) is 18.1 Å². The second-order valence-corrected chi connectivity index (χ2v) is 4.49. The van der Waals surface area contributed by atoms with Gasteiger partial charge in [-0.3, -0.25) is 5.84 Å². The molecule has 110 valence electrons. The van der Waals surface area contributed by atoms with Gasteiger partial charge >= 0.3 is 0 Å². The van der Waals surface area contributed by atoms with Crippen LogP contribution in [0.15, 0.2) is 41.8 Å². The van der Waals surface area contributed by atoms with Gasteiger partial charge in [-0.15, -0.1) is 0 Å². The summed E-state index contributed by atoms with van der Waals surface area (Å²) in [7, 11) is 4.00. The molecule has 0 atom stereocenters. The van der Waals surface area contributed by atoms with Gasteiger partial charge in [0.25, 0.3) is 12.2 Å². The summed E-state index contributed by atoms with van der Waals surface area (Å²) in [4.78, 5) is 0. The molecule has 7 nitrogen and oxygen atoms in total. The van der Waals surface area contributed by atoms with Crippen molar-refractivity contribution in [2.75, 3.05) is 0 Å². The van der Waals surface area contributed by atoms with E-state index < -0.39 is 0 Å². The molecule has 0 spiro atoms. The van der Waals surface area contributed by atoms with Gasteiger partial charge in [0.2, 0.25) is 0 Å². The van der Waals surface area contributed by atoms with Crippen LogP contribution in [0.2, 0.25) is 0 Å². The smallest absolute Gasteiger partial charge is 0.294 e. The Kier molecular flexibility index (Phi) is 4.92. The minimum Gasteiger partial charge on any atom is -0.481 e. The summed E-state index contributed by atoms with van der Waals surface area (Å²) in [6, 6.07) is 7.69. The number of nitrogens with one attached hydrogen (secondary N) is 2. The van der Waals surface area contributed by atoms with Crippen molar-refractivity contribution in [3.63, 3.8) is 0 Å². The number of benzene rings is 1. The summed E-state index contributed by atoms with van der Waals surface area (Å²) in [5, 5.41) is 6.28.